The normalized spacial score (nSPS) is 15.3. The van der Waals surface area contributed by atoms with Gasteiger partial charge in [0.2, 0.25) is 0 Å². The number of methoxy groups -OCH3 is 3. The first-order valence-corrected chi connectivity index (χ1v) is 12.2. The van der Waals surface area contributed by atoms with Crippen molar-refractivity contribution >= 4 is 5.69 Å². The average molecular weight is 481 g/mol. The molecule has 0 amide bonds. The van der Waals surface area contributed by atoms with Crippen LogP contribution in [0, 0.1) is 5.92 Å². The van der Waals surface area contributed by atoms with Crippen LogP contribution in [0.5, 0.6) is 17.2 Å². The highest BCUT2D eigenvalue weighted by Crippen LogP contribution is 2.40. The molecule has 9 nitrogen and oxygen atoms in total. The molecule has 0 spiro atoms. The second-order valence-electron chi connectivity index (χ2n) is 9.15. The van der Waals surface area contributed by atoms with E-state index < -0.39 is 0 Å². The van der Waals surface area contributed by atoms with Gasteiger partial charge in [0, 0.05) is 44.0 Å². The van der Waals surface area contributed by atoms with Gasteiger partial charge in [-0.05, 0) is 53.1 Å². The Balaban J connectivity index is 1.64. The Morgan fingerprint density at radius 3 is 2.26 bits per heavy atom. The summed E-state index contributed by atoms with van der Waals surface area (Å²) in [5.41, 5.74) is 2.20. The third-order valence-corrected chi connectivity index (χ3v) is 6.57. The molecule has 1 aliphatic heterocycles. The van der Waals surface area contributed by atoms with E-state index in [-0.39, 0.29) is 6.04 Å². The molecule has 0 N–H and O–H groups in total. The van der Waals surface area contributed by atoms with Gasteiger partial charge in [-0.3, -0.25) is 4.90 Å². The van der Waals surface area contributed by atoms with Gasteiger partial charge >= 0.3 is 0 Å². The topological polar surface area (TPSA) is 77.8 Å². The molecule has 0 radical (unpaired) electrons. The van der Waals surface area contributed by atoms with Gasteiger partial charge < -0.3 is 19.1 Å². The minimum Gasteiger partial charge on any atom is -0.497 e. The number of tetrazole rings is 1. The molecule has 188 valence electrons. The monoisotopic (exact) mass is 480 g/mol. The van der Waals surface area contributed by atoms with Crippen LogP contribution < -0.4 is 19.1 Å². The Morgan fingerprint density at radius 2 is 1.63 bits per heavy atom. The van der Waals surface area contributed by atoms with E-state index in [1.165, 1.54) is 5.69 Å². The summed E-state index contributed by atoms with van der Waals surface area (Å²) in [7, 11) is 5.04. The number of piperazine rings is 1. The molecule has 35 heavy (non-hydrogen) atoms. The Hall–Kier alpha value is -3.33. The molecular weight excluding hydrogens is 444 g/mol. The number of anilines is 1. The molecule has 1 fully saturated rings. The first kappa shape index (κ1) is 24.8. The van der Waals surface area contributed by atoms with E-state index in [0.717, 1.165) is 62.0 Å². The minimum absolute atomic E-state index is 0.153. The second kappa shape index (κ2) is 11.4. The van der Waals surface area contributed by atoms with Crippen LogP contribution in [0.4, 0.5) is 5.69 Å². The van der Waals surface area contributed by atoms with Crippen molar-refractivity contribution in [1.29, 1.82) is 0 Å². The number of ether oxygens (including phenoxy) is 3. The molecule has 3 aromatic rings. The lowest BCUT2D eigenvalue weighted by Gasteiger charge is -2.40. The Bertz CT molecular complexity index is 1080. The molecule has 1 saturated heterocycles. The zero-order valence-electron chi connectivity index (χ0n) is 21.3. The van der Waals surface area contributed by atoms with E-state index >= 15 is 0 Å². The van der Waals surface area contributed by atoms with Gasteiger partial charge in [0.1, 0.15) is 11.8 Å². The van der Waals surface area contributed by atoms with E-state index in [9.17, 15) is 0 Å². The number of para-hydroxylation sites is 1. The highest BCUT2D eigenvalue weighted by molar-refractivity contribution is 5.51. The highest BCUT2D eigenvalue weighted by Gasteiger charge is 2.33. The third kappa shape index (κ3) is 5.51. The van der Waals surface area contributed by atoms with Crippen LogP contribution in [-0.2, 0) is 6.54 Å². The van der Waals surface area contributed by atoms with Crippen molar-refractivity contribution in [2.24, 2.45) is 5.92 Å². The van der Waals surface area contributed by atoms with E-state index in [0.29, 0.717) is 11.7 Å². The maximum atomic E-state index is 5.84. The first-order valence-electron chi connectivity index (χ1n) is 12.2. The molecule has 2 heterocycles. The lowest BCUT2D eigenvalue weighted by atomic mass is 10.0. The fourth-order valence-corrected chi connectivity index (χ4v) is 4.60. The molecule has 2 aromatic carbocycles. The number of rotatable bonds is 10. The molecule has 4 rings (SSSR count). The van der Waals surface area contributed by atoms with Gasteiger partial charge in [-0.2, -0.15) is 0 Å². The standard InChI is InChI=1S/C26H36N6O3/c1-19(2)13-14-32-26(27-28-29-32)24(22-7-6-8-23(34-4)25(22)35-5)31-17-15-30(16-18-31)20-9-11-21(33-3)12-10-20/h6-12,19,24H,13-18H2,1-5H3. The van der Waals surface area contributed by atoms with E-state index in [1.807, 2.05) is 28.9 Å². The minimum atomic E-state index is -0.153. The number of hydrogen-bond donors (Lipinski definition) is 0. The number of benzene rings is 2. The number of aromatic nitrogens is 4. The van der Waals surface area contributed by atoms with Crippen molar-refractivity contribution in [1.82, 2.24) is 25.1 Å². The fourth-order valence-electron chi connectivity index (χ4n) is 4.60. The van der Waals surface area contributed by atoms with Crippen LogP contribution in [-0.4, -0.2) is 72.6 Å². The third-order valence-electron chi connectivity index (χ3n) is 6.57. The molecule has 1 atom stereocenters. The quantitative estimate of drug-likeness (QED) is 0.435. The van der Waals surface area contributed by atoms with Gasteiger partial charge in [0.05, 0.1) is 21.3 Å². The predicted octanol–water partition coefficient (Wildman–Crippen LogP) is 3.66. The molecule has 1 aromatic heterocycles. The highest BCUT2D eigenvalue weighted by atomic mass is 16.5. The van der Waals surface area contributed by atoms with Crippen molar-refractivity contribution in [2.75, 3.05) is 52.4 Å². The van der Waals surface area contributed by atoms with Gasteiger partial charge in [-0.1, -0.05) is 26.0 Å². The van der Waals surface area contributed by atoms with Gasteiger partial charge in [0.15, 0.2) is 17.3 Å². The summed E-state index contributed by atoms with van der Waals surface area (Å²) in [5.74, 6) is 3.68. The van der Waals surface area contributed by atoms with Gasteiger partial charge in [0.25, 0.3) is 0 Å². The zero-order chi connectivity index (χ0) is 24.8. The summed E-state index contributed by atoms with van der Waals surface area (Å²) >= 11 is 0. The molecule has 0 saturated carbocycles. The van der Waals surface area contributed by atoms with Crippen molar-refractivity contribution < 1.29 is 14.2 Å². The van der Waals surface area contributed by atoms with Crippen LogP contribution in [0.2, 0.25) is 0 Å². The number of aryl methyl sites for hydroxylation is 1. The predicted molar refractivity (Wildman–Crippen MR) is 135 cm³/mol. The van der Waals surface area contributed by atoms with Crippen molar-refractivity contribution in [3.8, 4) is 17.2 Å². The summed E-state index contributed by atoms with van der Waals surface area (Å²) in [6, 6.07) is 14.1. The van der Waals surface area contributed by atoms with Crippen molar-refractivity contribution in [3.63, 3.8) is 0 Å². The van der Waals surface area contributed by atoms with Crippen LogP contribution in [0.3, 0.4) is 0 Å². The van der Waals surface area contributed by atoms with Crippen LogP contribution in [0.15, 0.2) is 42.5 Å². The van der Waals surface area contributed by atoms with Gasteiger partial charge in [-0.25, -0.2) is 4.68 Å². The average Bonchev–Trinajstić information content (AvgIpc) is 3.36. The fraction of sp³-hybridized carbons (Fsp3) is 0.500. The first-order chi connectivity index (χ1) is 17.0. The van der Waals surface area contributed by atoms with E-state index in [4.69, 9.17) is 14.2 Å². The van der Waals surface area contributed by atoms with Crippen LogP contribution in [0.25, 0.3) is 0 Å². The number of hydrogen-bond acceptors (Lipinski definition) is 8. The molecule has 0 aliphatic carbocycles. The van der Waals surface area contributed by atoms with E-state index in [2.05, 4.69) is 57.4 Å². The summed E-state index contributed by atoms with van der Waals surface area (Å²) < 4.78 is 18.7. The summed E-state index contributed by atoms with van der Waals surface area (Å²) in [6.07, 6.45) is 1.01. The van der Waals surface area contributed by atoms with Crippen molar-refractivity contribution in [3.05, 3.63) is 53.9 Å². The molecule has 0 bridgehead atoms. The Labute approximate surface area is 207 Å². The largest absolute Gasteiger partial charge is 0.497 e. The summed E-state index contributed by atoms with van der Waals surface area (Å²) in [6.45, 7) is 8.69. The zero-order valence-corrected chi connectivity index (χ0v) is 21.3. The summed E-state index contributed by atoms with van der Waals surface area (Å²) in [4.78, 5) is 4.84. The molecule has 1 aliphatic rings. The van der Waals surface area contributed by atoms with Crippen molar-refractivity contribution in [2.45, 2.75) is 32.9 Å². The van der Waals surface area contributed by atoms with E-state index in [1.54, 1.807) is 21.3 Å². The molecule has 9 heteroatoms. The second-order valence-corrected chi connectivity index (χ2v) is 9.15. The molecular formula is C26H36N6O3. The SMILES string of the molecule is COc1ccc(N2CCN(C(c3cccc(OC)c3OC)c3nnnn3CCC(C)C)CC2)cc1. The summed E-state index contributed by atoms with van der Waals surface area (Å²) in [5, 5.41) is 12.9. The maximum absolute atomic E-state index is 5.84. The lowest BCUT2D eigenvalue weighted by molar-refractivity contribution is 0.196. The Kier molecular flexibility index (Phi) is 8.07. The number of nitrogens with zero attached hydrogens (tertiary/aromatic N) is 6. The molecule has 1 unspecified atom stereocenters. The maximum Gasteiger partial charge on any atom is 0.173 e. The smallest absolute Gasteiger partial charge is 0.173 e. The van der Waals surface area contributed by atoms with Gasteiger partial charge in [-0.15, -0.1) is 5.10 Å². The lowest BCUT2D eigenvalue weighted by Crippen LogP contribution is -2.48. The van der Waals surface area contributed by atoms with Crippen LogP contribution in [0.1, 0.15) is 37.7 Å². The Morgan fingerprint density at radius 1 is 0.886 bits per heavy atom. The van der Waals surface area contributed by atoms with Crippen LogP contribution >= 0.6 is 0 Å².